The zero-order valence-corrected chi connectivity index (χ0v) is 9.71. The first-order chi connectivity index (χ1) is 6.95. The van der Waals surface area contributed by atoms with Crippen molar-refractivity contribution in [3.8, 4) is 0 Å². The van der Waals surface area contributed by atoms with Crippen LogP contribution < -0.4 is 10.5 Å². The van der Waals surface area contributed by atoms with Crippen molar-refractivity contribution in [2.75, 3.05) is 5.73 Å². The highest BCUT2D eigenvalue weighted by Crippen LogP contribution is 2.12. The van der Waals surface area contributed by atoms with Crippen molar-refractivity contribution in [2.24, 2.45) is 0 Å². The van der Waals surface area contributed by atoms with E-state index in [0.717, 1.165) is 6.42 Å². The molecule has 0 saturated carbocycles. The Kier molecular flexibility index (Phi) is 3.71. The molecule has 4 nitrogen and oxygen atoms in total. The van der Waals surface area contributed by atoms with E-state index >= 15 is 0 Å². The summed E-state index contributed by atoms with van der Waals surface area (Å²) in [5.74, 6) is 0. The zero-order chi connectivity index (χ0) is 11.5. The number of hydrogen-bond donors (Lipinski definition) is 2. The smallest absolute Gasteiger partial charge is 0.240 e. The summed E-state index contributed by atoms with van der Waals surface area (Å²) in [6, 6.07) is 6.09. The van der Waals surface area contributed by atoms with Gasteiger partial charge in [-0.25, -0.2) is 13.1 Å². The molecule has 5 heteroatoms. The second-order valence-electron chi connectivity index (χ2n) is 3.50. The maximum absolute atomic E-state index is 11.8. The fourth-order valence-electron chi connectivity index (χ4n) is 1.06. The number of anilines is 1. The number of hydrogen-bond acceptors (Lipinski definition) is 3. The molecule has 0 aliphatic carbocycles. The molecular weight excluding hydrogens is 212 g/mol. The van der Waals surface area contributed by atoms with E-state index in [0.29, 0.717) is 5.69 Å². The number of nitrogens with one attached hydrogen (secondary N) is 1. The fourth-order valence-corrected chi connectivity index (χ4v) is 2.39. The lowest BCUT2D eigenvalue weighted by atomic mass is 10.3. The molecule has 1 aromatic carbocycles. The maximum atomic E-state index is 11.8. The maximum Gasteiger partial charge on any atom is 0.240 e. The van der Waals surface area contributed by atoms with Crippen LogP contribution in [0.25, 0.3) is 0 Å². The van der Waals surface area contributed by atoms with E-state index < -0.39 is 10.0 Å². The first-order valence-corrected chi connectivity index (χ1v) is 6.32. The third kappa shape index (κ3) is 3.21. The average Bonchev–Trinajstić information content (AvgIpc) is 2.17. The van der Waals surface area contributed by atoms with Crippen LogP contribution in [0, 0.1) is 0 Å². The molecule has 0 aliphatic rings. The lowest BCUT2D eigenvalue weighted by Crippen LogP contribution is -2.31. The monoisotopic (exact) mass is 228 g/mol. The molecular formula is C10H16N2O2S. The molecule has 0 fully saturated rings. The number of benzene rings is 1. The molecule has 3 N–H and O–H groups in total. The van der Waals surface area contributed by atoms with Gasteiger partial charge in [0.05, 0.1) is 4.90 Å². The van der Waals surface area contributed by atoms with Crippen LogP contribution in [0.4, 0.5) is 5.69 Å². The predicted octanol–water partition coefficient (Wildman–Crippen LogP) is 1.35. The number of sulfonamides is 1. The molecule has 84 valence electrons. The van der Waals surface area contributed by atoms with Gasteiger partial charge in [-0.3, -0.25) is 0 Å². The van der Waals surface area contributed by atoms with Crippen molar-refractivity contribution in [1.29, 1.82) is 0 Å². The minimum atomic E-state index is -3.39. The van der Waals surface area contributed by atoms with Gasteiger partial charge in [-0.1, -0.05) is 6.92 Å². The Hall–Kier alpha value is -1.07. The van der Waals surface area contributed by atoms with E-state index in [1.807, 2.05) is 13.8 Å². The summed E-state index contributed by atoms with van der Waals surface area (Å²) < 4.78 is 26.1. The highest BCUT2D eigenvalue weighted by atomic mass is 32.2. The van der Waals surface area contributed by atoms with Gasteiger partial charge in [-0.15, -0.1) is 0 Å². The summed E-state index contributed by atoms with van der Waals surface area (Å²) in [6.07, 6.45) is 0.758. The highest BCUT2D eigenvalue weighted by Gasteiger charge is 2.15. The summed E-state index contributed by atoms with van der Waals surface area (Å²) >= 11 is 0. The van der Waals surface area contributed by atoms with Crippen molar-refractivity contribution in [1.82, 2.24) is 4.72 Å². The van der Waals surface area contributed by atoms with Crippen LogP contribution in [0.1, 0.15) is 20.3 Å². The van der Waals surface area contributed by atoms with Crippen LogP contribution in [0.15, 0.2) is 29.2 Å². The van der Waals surface area contributed by atoms with Crippen molar-refractivity contribution < 1.29 is 8.42 Å². The quantitative estimate of drug-likeness (QED) is 0.764. The van der Waals surface area contributed by atoms with E-state index in [9.17, 15) is 8.42 Å². The Labute approximate surface area is 90.5 Å². The first kappa shape index (κ1) is 12.0. The first-order valence-electron chi connectivity index (χ1n) is 4.83. The van der Waals surface area contributed by atoms with Crippen LogP contribution >= 0.6 is 0 Å². The van der Waals surface area contributed by atoms with Crippen LogP contribution in [0.2, 0.25) is 0 Å². The Balaban J connectivity index is 2.91. The summed E-state index contributed by atoms with van der Waals surface area (Å²) in [7, 11) is -3.39. The van der Waals surface area contributed by atoms with Crippen LogP contribution in [0.5, 0.6) is 0 Å². The second-order valence-corrected chi connectivity index (χ2v) is 5.21. The Bertz CT molecular complexity index is 412. The zero-order valence-electron chi connectivity index (χ0n) is 8.90. The van der Waals surface area contributed by atoms with Gasteiger partial charge >= 0.3 is 0 Å². The molecule has 0 heterocycles. The largest absolute Gasteiger partial charge is 0.399 e. The van der Waals surface area contributed by atoms with Gasteiger partial charge in [0.25, 0.3) is 0 Å². The van der Waals surface area contributed by atoms with Crippen molar-refractivity contribution in [3.63, 3.8) is 0 Å². The average molecular weight is 228 g/mol. The van der Waals surface area contributed by atoms with Crippen LogP contribution in [-0.4, -0.2) is 14.5 Å². The molecule has 1 aromatic rings. The van der Waals surface area contributed by atoms with Gasteiger partial charge in [0.1, 0.15) is 0 Å². The van der Waals surface area contributed by atoms with Gasteiger partial charge in [-0.05, 0) is 37.6 Å². The topological polar surface area (TPSA) is 72.2 Å². The number of rotatable bonds is 4. The fraction of sp³-hybridized carbons (Fsp3) is 0.400. The molecule has 0 radical (unpaired) electrons. The molecule has 0 amide bonds. The SMILES string of the molecule is CC[C@H](C)NS(=O)(=O)c1ccc(N)cc1. The van der Waals surface area contributed by atoms with Crippen molar-refractivity contribution in [2.45, 2.75) is 31.2 Å². The van der Waals surface area contributed by atoms with Crippen LogP contribution in [0.3, 0.4) is 0 Å². The van der Waals surface area contributed by atoms with E-state index in [1.54, 1.807) is 12.1 Å². The molecule has 0 aliphatic heterocycles. The van der Waals surface area contributed by atoms with Gasteiger partial charge in [0.2, 0.25) is 10.0 Å². The van der Waals surface area contributed by atoms with E-state index in [2.05, 4.69) is 4.72 Å². The van der Waals surface area contributed by atoms with E-state index in [-0.39, 0.29) is 10.9 Å². The summed E-state index contributed by atoms with van der Waals surface area (Å²) in [4.78, 5) is 0.247. The number of nitrogens with two attached hydrogens (primary N) is 1. The normalized spacial score (nSPS) is 13.7. The van der Waals surface area contributed by atoms with E-state index in [4.69, 9.17) is 5.73 Å². The molecule has 0 spiro atoms. The van der Waals surface area contributed by atoms with Gasteiger partial charge in [0, 0.05) is 11.7 Å². The van der Waals surface area contributed by atoms with E-state index in [1.165, 1.54) is 12.1 Å². The molecule has 0 bridgehead atoms. The highest BCUT2D eigenvalue weighted by molar-refractivity contribution is 7.89. The third-order valence-corrected chi connectivity index (χ3v) is 3.76. The predicted molar refractivity (Wildman–Crippen MR) is 60.9 cm³/mol. The summed E-state index contributed by atoms with van der Waals surface area (Å²) in [5.41, 5.74) is 6.04. The molecule has 0 unspecified atom stereocenters. The third-order valence-electron chi connectivity index (χ3n) is 2.16. The standard InChI is InChI=1S/C10H16N2O2S/c1-3-8(2)12-15(13,14)10-6-4-9(11)5-7-10/h4-8,12H,3,11H2,1-2H3/t8-/m0/s1. The van der Waals surface area contributed by atoms with Gasteiger partial charge in [-0.2, -0.15) is 0 Å². The Morgan fingerprint density at radius 2 is 1.87 bits per heavy atom. The van der Waals surface area contributed by atoms with Crippen LogP contribution in [-0.2, 0) is 10.0 Å². The van der Waals surface area contributed by atoms with Crippen molar-refractivity contribution in [3.05, 3.63) is 24.3 Å². The van der Waals surface area contributed by atoms with Gasteiger partial charge < -0.3 is 5.73 Å². The lowest BCUT2D eigenvalue weighted by molar-refractivity contribution is 0.556. The minimum absolute atomic E-state index is 0.0625. The molecule has 1 atom stereocenters. The lowest BCUT2D eigenvalue weighted by Gasteiger charge is -2.11. The molecule has 0 aromatic heterocycles. The summed E-state index contributed by atoms with van der Waals surface area (Å²) in [5, 5.41) is 0. The Morgan fingerprint density at radius 3 is 2.33 bits per heavy atom. The Morgan fingerprint density at radius 1 is 1.33 bits per heavy atom. The molecule has 1 rings (SSSR count). The molecule has 0 saturated heterocycles. The second kappa shape index (κ2) is 4.63. The van der Waals surface area contributed by atoms with Crippen molar-refractivity contribution >= 4 is 15.7 Å². The summed E-state index contributed by atoms with van der Waals surface area (Å²) in [6.45, 7) is 3.75. The van der Waals surface area contributed by atoms with Gasteiger partial charge in [0.15, 0.2) is 0 Å². The minimum Gasteiger partial charge on any atom is -0.399 e. The molecule has 15 heavy (non-hydrogen) atoms. The number of nitrogen functional groups attached to an aromatic ring is 1.